The van der Waals surface area contributed by atoms with Crippen LogP contribution in [0.5, 0.6) is 0 Å². The maximum Gasteiger partial charge on any atom is 0.441 e. The molecular weight excluding hydrogens is 227 g/mol. The number of hydrogen-bond acceptors (Lipinski definition) is 3. The second kappa shape index (κ2) is 5.41. The fourth-order valence-corrected chi connectivity index (χ4v) is 1.59. The van der Waals surface area contributed by atoms with E-state index in [0.717, 1.165) is 5.56 Å². The number of halogens is 3. The van der Waals surface area contributed by atoms with Crippen molar-refractivity contribution in [1.82, 2.24) is 9.78 Å². The van der Waals surface area contributed by atoms with E-state index in [1.165, 1.54) is 4.68 Å². The van der Waals surface area contributed by atoms with Crippen LogP contribution in [0.25, 0.3) is 0 Å². The zero-order chi connectivity index (χ0) is 11.3. The van der Waals surface area contributed by atoms with Crippen molar-refractivity contribution in [3.8, 4) is 0 Å². The van der Waals surface area contributed by atoms with Gasteiger partial charge in [-0.25, -0.2) is 0 Å². The number of nitrogens with zero attached hydrogens (tertiary/aromatic N) is 2. The summed E-state index contributed by atoms with van der Waals surface area (Å²) >= 11 is -0.0345. The molecule has 1 rings (SSSR count). The number of nitrogens with two attached hydrogens (primary N) is 1. The number of alkyl halides is 3. The highest BCUT2D eigenvalue weighted by atomic mass is 32.2. The Bertz CT molecular complexity index is 298. The zero-order valence-electron chi connectivity index (χ0n) is 8.00. The topological polar surface area (TPSA) is 43.8 Å². The molecular formula is C8H12F3N3S. The molecule has 0 saturated carbocycles. The van der Waals surface area contributed by atoms with E-state index in [4.69, 9.17) is 5.73 Å². The molecule has 0 aliphatic rings. The van der Waals surface area contributed by atoms with Gasteiger partial charge in [-0.1, -0.05) is 0 Å². The SMILES string of the molecule is NCCc1cnn(CCSC(F)(F)F)c1. The molecule has 0 atom stereocenters. The fourth-order valence-electron chi connectivity index (χ4n) is 1.08. The Hall–Kier alpha value is -0.690. The highest BCUT2D eigenvalue weighted by Gasteiger charge is 2.27. The average Bonchev–Trinajstić information content (AvgIpc) is 2.51. The molecule has 0 aliphatic carbocycles. The van der Waals surface area contributed by atoms with Gasteiger partial charge in [0.25, 0.3) is 0 Å². The minimum atomic E-state index is -4.16. The highest BCUT2D eigenvalue weighted by molar-refractivity contribution is 8.00. The van der Waals surface area contributed by atoms with E-state index in [9.17, 15) is 13.2 Å². The lowest BCUT2D eigenvalue weighted by Crippen LogP contribution is -2.07. The van der Waals surface area contributed by atoms with Crippen LogP contribution in [0.15, 0.2) is 12.4 Å². The minimum absolute atomic E-state index is 0.0206. The Labute approximate surface area is 89.8 Å². The van der Waals surface area contributed by atoms with E-state index in [-0.39, 0.29) is 24.1 Å². The molecule has 1 aromatic rings. The Morgan fingerprint density at radius 2 is 2.20 bits per heavy atom. The summed E-state index contributed by atoms with van der Waals surface area (Å²) in [6, 6.07) is 0. The predicted molar refractivity (Wildman–Crippen MR) is 53.5 cm³/mol. The van der Waals surface area contributed by atoms with E-state index < -0.39 is 5.51 Å². The molecule has 86 valence electrons. The van der Waals surface area contributed by atoms with Gasteiger partial charge in [0.05, 0.1) is 12.7 Å². The Kier molecular flexibility index (Phi) is 4.46. The van der Waals surface area contributed by atoms with Crippen molar-refractivity contribution < 1.29 is 13.2 Å². The van der Waals surface area contributed by atoms with Crippen molar-refractivity contribution in [3.05, 3.63) is 18.0 Å². The monoisotopic (exact) mass is 239 g/mol. The lowest BCUT2D eigenvalue weighted by atomic mass is 10.3. The Morgan fingerprint density at radius 3 is 2.80 bits per heavy atom. The zero-order valence-corrected chi connectivity index (χ0v) is 8.81. The molecule has 0 bridgehead atoms. The lowest BCUT2D eigenvalue weighted by Gasteiger charge is -2.04. The maximum atomic E-state index is 11.8. The molecule has 0 aromatic carbocycles. The van der Waals surface area contributed by atoms with E-state index in [1.54, 1.807) is 12.4 Å². The van der Waals surface area contributed by atoms with E-state index >= 15 is 0 Å². The normalized spacial score (nSPS) is 12.0. The average molecular weight is 239 g/mol. The van der Waals surface area contributed by atoms with Gasteiger partial charge in [-0.15, -0.1) is 0 Å². The fraction of sp³-hybridized carbons (Fsp3) is 0.625. The van der Waals surface area contributed by atoms with Crippen LogP contribution in [0.4, 0.5) is 13.2 Å². The maximum absolute atomic E-state index is 11.8. The van der Waals surface area contributed by atoms with Crippen LogP contribution >= 0.6 is 11.8 Å². The van der Waals surface area contributed by atoms with Gasteiger partial charge in [0.1, 0.15) is 0 Å². The molecule has 1 aromatic heterocycles. The van der Waals surface area contributed by atoms with Crippen LogP contribution in [-0.2, 0) is 13.0 Å². The van der Waals surface area contributed by atoms with Crippen molar-refractivity contribution in [2.45, 2.75) is 18.5 Å². The summed E-state index contributed by atoms with van der Waals surface area (Å²) in [6.45, 7) is 0.776. The number of hydrogen-bond donors (Lipinski definition) is 1. The molecule has 3 nitrogen and oxygen atoms in total. The summed E-state index contributed by atoms with van der Waals surface area (Å²) in [5, 5.41) is 3.93. The quantitative estimate of drug-likeness (QED) is 0.849. The van der Waals surface area contributed by atoms with Crippen LogP contribution in [-0.4, -0.2) is 27.6 Å². The number of thioether (sulfide) groups is 1. The molecule has 0 aliphatic heterocycles. The molecule has 0 amide bonds. The first-order chi connectivity index (χ1) is 7.01. The number of rotatable bonds is 5. The molecule has 1 heterocycles. The summed E-state index contributed by atoms with van der Waals surface area (Å²) in [6.07, 6.45) is 4.06. The van der Waals surface area contributed by atoms with Crippen LogP contribution < -0.4 is 5.73 Å². The number of aromatic nitrogens is 2. The van der Waals surface area contributed by atoms with Crippen molar-refractivity contribution in [3.63, 3.8) is 0 Å². The van der Waals surface area contributed by atoms with Crippen LogP contribution in [0.2, 0.25) is 0 Å². The van der Waals surface area contributed by atoms with Crippen molar-refractivity contribution >= 4 is 11.8 Å². The van der Waals surface area contributed by atoms with Gasteiger partial charge in [-0.2, -0.15) is 18.3 Å². The van der Waals surface area contributed by atoms with Gasteiger partial charge in [-0.05, 0) is 30.3 Å². The second-order valence-electron chi connectivity index (χ2n) is 2.94. The molecule has 0 spiro atoms. The molecule has 0 fully saturated rings. The first kappa shape index (κ1) is 12.4. The van der Waals surface area contributed by atoms with Gasteiger partial charge in [0, 0.05) is 11.9 Å². The van der Waals surface area contributed by atoms with E-state index in [1.807, 2.05) is 0 Å². The Morgan fingerprint density at radius 1 is 1.47 bits per heavy atom. The van der Waals surface area contributed by atoms with E-state index in [2.05, 4.69) is 5.10 Å². The van der Waals surface area contributed by atoms with Crippen molar-refractivity contribution in [2.75, 3.05) is 12.3 Å². The molecule has 7 heteroatoms. The largest absolute Gasteiger partial charge is 0.441 e. The summed E-state index contributed by atoms with van der Waals surface area (Å²) in [5.41, 5.74) is 2.13. The van der Waals surface area contributed by atoms with Gasteiger partial charge in [0.2, 0.25) is 0 Å². The van der Waals surface area contributed by atoms with Gasteiger partial charge in [0.15, 0.2) is 0 Å². The third kappa shape index (κ3) is 5.08. The molecule has 0 radical (unpaired) electrons. The summed E-state index contributed by atoms with van der Waals surface area (Å²) in [5.74, 6) is -0.0206. The smallest absolute Gasteiger partial charge is 0.330 e. The van der Waals surface area contributed by atoms with Gasteiger partial charge >= 0.3 is 5.51 Å². The van der Waals surface area contributed by atoms with Gasteiger partial charge < -0.3 is 5.73 Å². The van der Waals surface area contributed by atoms with Crippen LogP contribution in [0.3, 0.4) is 0 Å². The Balaban J connectivity index is 2.31. The molecule has 2 N–H and O–H groups in total. The lowest BCUT2D eigenvalue weighted by molar-refractivity contribution is -0.0328. The molecule has 15 heavy (non-hydrogen) atoms. The van der Waals surface area contributed by atoms with Crippen LogP contribution in [0.1, 0.15) is 5.56 Å². The second-order valence-corrected chi connectivity index (χ2v) is 4.10. The molecule has 0 saturated heterocycles. The summed E-state index contributed by atoms with van der Waals surface area (Å²) in [7, 11) is 0. The third-order valence-corrected chi connectivity index (χ3v) is 2.42. The van der Waals surface area contributed by atoms with E-state index in [0.29, 0.717) is 13.0 Å². The summed E-state index contributed by atoms with van der Waals surface area (Å²) < 4.78 is 36.9. The highest BCUT2D eigenvalue weighted by Crippen LogP contribution is 2.29. The van der Waals surface area contributed by atoms with Crippen molar-refractivity contribution in [2.24, 2.45) is 5.73 Å². The minimum Gasteiger partial charge on any atom is -0.330 e. The first-order valence-electron chi connectivity index (χ1n) is 4.43. The van der Waals surface area contributed by atoms with Crippen LogP contribution in [0, 0.1) is 0 Å². The van der Waals surface area contributed by atoms with Gasteiger partial charge in [-0.3, -0.25) is 4.68 Å². The predicted octanol–water partition coefficient (Wildman–Crippen LogP) is 1.64. The number of aryl methyl sites for hydroxylation is 1. The summed E-state index contributed by atoms with van der Waals surface area (Å²) in [4.78, 5) is 0. The molecule has 0 unspecified atom stereocenters. The third-order valence-electron chi connectivity index (χ3n) is 1.71. The first-order valence-corrected chi connectivity index (χ1v) is 5.42. The standard InChI is InChI=1S/C8H12F3N3S/c9-8(10,11)15-4-3-14-6-7(1-2-12)5-13-14/h5-6H,1-4,12H2. The van der Waals surface area contributed by atoms with Crippen molar-refractivity contribution in [1.29, 1.82) is 0 Å².